The van der Waals surface area contributed by atoms with Gasteiger partial charge >= 0.3 is 5.97 Å². The van der Waals surface area contributed by atoms with Gasteiger partial charge in [0.15, 0.2) is 11.6 Å². The minimum atomic E-state index is -0.775. The van der Waals surface area contributed by atoms with Gasteiger partial charge in [-0.05, 0) is 28.1 Å². The summed E-state index contributed by atoms with van der Waals surface area (Å²) in [5.74, 6) is -1.79. The van der Waals surface area contributed by atoms with E-state index in [2.05, 4.69) is 20.7 Å². The van der Waals surface area contributed by atoms with E-state index >= 15 is 0 Å². The standard InChI is InChI=1S/C8H6BrFO3/c1-4(11)13-6-3-2-5(10)8(12)7(6)9/h2-3,12H,1H3. The van der Waals surface area contributed by atoms with Gasteiger partial charge in [-0.2, -0.15) is 0 Å². The van der Waals surface area contributed by atoms with E-state index < -0.39 is 17.5 Å². The topological polar surface area (TPSA) is 46.5 Å². The fraction of sp³-hybridized carbons (Fsp3) is 0.125. The van der Waals surface area contributed by atoms with E-state index in [1.165, 1.54) is 13.0 Å². The van der Waals surface area contributed by atoms with Crippen molar-refractivity contribution in [3.05, 3.63) is 22.4 Å². The fourth-order valence-electron chi connectivity index (χ4n) is 0.756. The number of benzene rings is 1. The summed E-state index contributed by atoms with van der Waals surface area (Å²) < 4.78 is 17.4. The minimum Gasteiger partial charge on any atom is -0.504 e. The molecule has 0 saturated heterocycles. The maximum atomic E-state index is 12.7. The molecular weight excluding hydrogens is 243 g/mol. The highest BCUT2D eigenvalue weighted by atomic mass is 79.9. The van der Waals surface area contributed by atoms with Crippen molar-refractivity contribution in [1.29, 1.82) is 0 Å². The molecule has 1 rings (SSSR count). The molecule has 0 unspecified atom stereocenters. The highest BCUT2D eigenvalue weighted by Crippen LogP contribution is 2.35. The third-order valence-corrected chi connectivity index (χ3v) is 2.05. The van der Waals surface area contributed by atoms with Crippen molar-refractivity contribution in [1.82, 2.24) is 0 Å². The summed E-state index contributed by atoms with van der Waals surface area (Å²) in [4.78, 5) is 10.5. The number of hydrogen-bond donors (Lipinski definition) is 1. The predicted octanol–water partition coefficient (Wildman–Crippen LogP) is 2.22. The number of aromatic hydroxyl groups is 1. The van der Waals surface area contributed by atoms with Crippen molar-refractivity contribution < 1.29 is 19.0 Å². The van der Waals surface area contributed by atoms with Gasteiger partial charge in [0, 0.05) is 6.92 Å². The first-order valence-electron chi connectivity index (χ1n) is 3.37. The number of phenols is 1. The summed E-state index contributed by atoms with van der Waals surface area (Å²) in [6.07, 6.45) is 0. The number of ether oxygens (including phenoxy) is 1. The van der Waals surface area contributed by atoms with Crippen molar-refractivity contribution in [2.75, 3.05) is 0 Å². The maximum absolute atomic E-state index is 12.7. The van der Waals surface area contributed by atoms with Crippen molar-refractivity contribution in [2.45, 2.75) is 6.92 Å². The van der Waals surface area contributed by atoms with Crippen molar-refractivity contribution in [2.24, 2.45) is 0 Å². The number of halogens is 2. The second-order valence-electron chi connectivity index (χ2n) is 2.30. The van der Waals surface area contributed by atoms with Gasteiger partial charge in [-0.3, -0.25) is 4.79 Å². The quantitative estimate of drug-likeness (QED) is 0.613. The molecule has 1 aromatic carbocycles. The zero-order valence-corrected chi connectivity index (χ0v) is 8.26. The number of hydrogen-bond acceptors (Lipinski definition) is 3. The molecule has 1 N–H and O–H groups in total. The van der Waals surface area contributed by atoms with Crippen molar-refractivity contribution >= 4 is 21.9 Å². The summed E-state index contributed by atoms with van der Waals surface area (Å²) in [6.45, 7) is 1.22. The lowest BCUT2D eigenvalue weighted by Crippen LogP contribution is -2.02. The Hall–Kier alpha value is -1.10. The van der Waals surface area contributed by atoms with Crippen LogP contribution in [0.25, 0.3) is 0 Å². The van der Waals surface area contributed by atoms with Crippen molar-refractivity contribution in [3.8, 4) is 11.5 Å². The zero-order valence-electron chi connectivity index (χ0n) is 6.67. The van der Waals surface area contributed by atoms with Crippen LogP contribution in [0.4, 0.5) is 4.39 Å². The van der Waals surface area contributed by atoms with Gasteiger partial charge in [0.25, 0.3) is 0 Å². The van der Waals surface area contributed by atoms with Crippen LogP contribution in [0.1, 0.15) is 6.92 Å². The normalized spacial score (nSPS) is 9.77. The molecule has 0 aromatic heterocycles. The molecule has 0 aliphatic heterocycles. The number of rotatable bonds is 1. The summed E-state index contributed by atoms with van der Waals surface area (Å²) in [6, 6.07) is 2.26. The van der Waals surface area contributed by atoms with Gasteiger partial charge in [0.2, 0.25) is 0 Å². The Bertz CT molecular complexity index is 351. The number of carbonyl (C=O) groups is 1. The third kappa shape index (κ3) is 2.18. The summed E-state index contributed by atoms with van der Waals surface area (Å²) in [5.41, 5.74) is 0. The van der Waals surface area contributed by atoms with Crippen LogP contribution in [-0.4, -0.2) is 11.1 Å². The third-order valence-electron chi connectivity index (χ3n) is 1.29. The molecule has 0 saturated carbocycles. The second-order valence-corrected chi connectivity index (χ2v) is 3.09. The molecule has 5 heteroatoms. The molecule has 0 radical (unpaired) electrons. The van der Waals surface area contributed by atoms with Crippen LogP contribution >= 0.6 is 15.9 Å². The number of esters is 1. The molecule has 3 nitrogen and oxygen atoms in total. The Labute approximate surface area is 82.3 Å². The van der Waals surface area contributed by atoms with E-state index in [-0.39, 0.29) is 10.2 Å². The molecule has 13 heavy (non-hydrogen) atoms. The SMILES string of the molecule is CC(=O)Oc1ccc(F)c(O)c1Br. The first-order chi connectivity index (χ1) is 6.02. The molecule has 0 spiro atoms. The minimum absolute atomic E-state index is 0.0303. The molecule has 0 fully saturated rings. The highest BCUT2D eigenvalue weighted by molar-refractivity contribution is 9.10. The van der Waals surface area contributed by atoms with Crippen LogP contribution in [0.5, 0.6) is 11.5 Å². The predicted molar refractivity (Wildman–Crippen MR) is 47.1 cm³/mol. The largest absolute Gasteiger partial charge is 0.504 e. The summed E-state index contributed by atoms with van der Waals surface area (Å²) in [5, 5.41) is 9.09. The number of carbonyl (C=O) groups excluding carboxylic acids is 1. The van der Waals surface area contributed by atoms with Crippen LogP contribution in [0.15, 0.2) is 16.6 Å². The van der Waals surface area contributed by atoms with E-state index in [1.807, 2.05) is 0 Å². The lowest BCUT2D eigenvalue weighted by Gasteiger charge is -2.05. The maximum Gasteiger partial charge on any atom is 0.308 e. The van der Waals surface area contributed by atoms with Crippen LogP contribution in [0.2, 0.25) is 0 Å². The lowest BCUT2D eigenvalue weighted by atomic mass is 10.3. The van der Waals surface area contributed by atoms with Crippen LogP contribution in [0.3, 0.4) is 0 Å². The molecule has 0 heterocycles. The highest BCUT2D eigenvalue weighted by Gasteiger charge is 2.12. The molecule has 0 atom stereocenters. The summed E-state index contributed by atoms with van der Waals surface area (Å²) >= 11 is 2.89. The smallest absolute Gasteiger partial charge is 0.308 e. The Balaban J connectivity index is 3.10. The summed E-state index contributed by atoms with van der Waals surface area (Å²) in [7, 11) is 0. The molecule has 0 bridgehead atoms. The van der Waals surface area contributed by atoms with E-state index in [1.54, 1.807) is 0 Å². The average molecular weight is 249 g/mol. The molecule has 0 aliphatic carbocycles. The fourth-order valence-corrected chi connectivity index (χ4v) is 1.16. The van der Waals surface area contributed by atoms with E-state index in [0.717, 1.165) is 6.07 Å². The lowest BCUT2D eigenvalue weighted by molar-refractivity contribution is -0.131. The molecule has 0 aliphatic rings. The second kappa shape index (κ2) is 3.74. The van der Waals surface area contributed by atoms with E-state index in [0.29, 0.717) is 0 Å². The molecular formula is C8H6BrFO3. The van der Waals surface area contributed by atoms with E-state index in [4.69, 9.17) is 5.11 Å². The van der Waals surface area contributed by atoms with Gasteiger partial charge in [-0.1, -0.05) is 0 Å². The van der Waals surface area contributed by atoms with Crippen LogP contribution < -0.4 is 4.74 Å². The molecule has 70 valence electrons. The van der Waals surface area contributed by atoms with Gasteiger partial charge in [0.05, 0.1) is 0 Å². The van der Waals surface area contributed by atoms with Gasteiger partial charge in [0.1, 0.15) is 10.2 Å². The Morgan fingerprint density at radius 2 is 2.23 bits per heavy atom. The van der Waals surface area contributed by atoms with Crippen LogP contribution in [-0.2, 0) is 4.79 Å². The Morgan fingerprint density at radius 3 is 2.77 bits per heavy atom. The monoisotopic (exact) mass is 248 g/mol. The zero-order chi connectivity index (χ0) is 10.0. The molecule has 0 amide bonds. The Morgan fingerprint density at radius 1 is 1.62 bits per heavy atom. The average Bonchev–Trinajstić information content (AvgIpc) is 2.06. The first-order valence-corrected chi connectivity index (χ1v) is 4.17. The van der Waals surface area contributed by atoms with Gasteiger partial charge in [-0.15, -0.1) is 0 Å². The first kappa shape index (κ1) is 9.98. The van der Waals surface area contributed by atoms with E-state index in [9.17, 15) is 9.18 Å². The molecule has 1 aromatic rings. The van der Waals surface area contributed by atoms with Gasteiger partial charge < -0.3 is 9.84 Å². The Kier molecular flexibility index (Phi) is 2.87. The van der Waals surface area contributed by atoms with Crippen LogP contribution in [0, 0.1) is 5.82 Å². The van der Waals surface area contributed by atoms with Crippen molar-refractivity contribution in [3.63, 3.8) is 0 Å². The number of phenolic OH excluding ortho intramolecular Hbond substituents is 1. The van der Waals surface area contributed by atoms with Gasteiger partial charge in [-0.25, -0.2) is 4.39 Å².